The van der Waals surface area contributed by atoms with Crippen molar-refractivity contribution in [2.24, 2.45) is 5.11 Å². The third-order valence-corrected chi connectivity index (χ3v) is 4.20. The highest BCUT2D eigenvalue weighted by molar-refractivity contribution is 5.95. The van der Waals surface area contributed by atoms with Crippen LogP contribution in [0.5, 0.6) is 0 Å². The van der Waals surface area contributed by atoms with E-state index in [-0.39, 0.29) is 25.4 Å². The molecule has 3 N–H and O–H groups in total. The highest BCUT2D eigenvalue weighted by Gasteiger charge is 2.16. The summed E-state index contributed by atoms with van der Waals surface area (Å²) < 4.78 is 0. The second kappa shape index (κ2) is 11.0. The molecule has 0 aromatic heterocycles. The van der Waals surface area contributed by atoms with Gasteiger partial charge >= 0.3 is 5.97 Å². The summed E-state index contributed by atoms with van der Waals surface area (Å²) in [5.74, 6) is -1.81. The molecule has 0 saturated carbocycles. The molecule has 0 unspecified atom stereocenters. The molecule has 2 amide bonds. The Morgan fingerprint density at radius 2 is 1.67 bits per heavy atom. The Kier molecular flexibility index (Phi) is 8.16. The molecule has 30 heavy (non-hydrogen) atoms. The van der Waals surface area contributed by atoms with Crippen molar-refractivity contribution in [1.82, 2.24) is 10.6 Å². The number of carbonyl (C=O) groups is 3. The monoisotopic (exact) mass is 407 g/mol. The standard InChI is InChI=1S/C21H21N5O4/c1-2-14-3-7-16(8-4-14)20(29)23-12-15-5-9-17(10-6-15)21(30)25-18(11-19(27)28)13-24-26-22/h2-10,18H,1,11-13H2,(H,23,29)(H,25,30)(H,27,28)/t18-/m0/s1. The molecule has 0 radical (unpaired) electrons. The summed E-state index contributed by atoms with van der Waals surface area (Å²) in [5.41, 5.74) is 10.9. The van der Waals surface area contributed by atoms with Gasteiger partial charge < -0.3 is 15.7 Å². The molecule has 0 aliphatic carbocycles. The number of nitrogens with one attached hydrogen (secondary N) is 2. The van der Waals surface area contributed by atoms with Crippen molar-refractivity contribution in [2.45, 2.75) is 19.0 Å². The number of aliphatic carboxylic acids is 1. The van der Waals surface area contributed by atoms with Crippen molar-refractivity contribution in [1.29, 1.82) is 0 Å². The largest absolute Gasteiger partial charge is 0.481 e. The van der Waals surface area contributed by atoms with Gasteiger partial charge in [0.25, 0.3) is 11.8 Å². The number of amides is 2. The van der Waals surface area contributed by atoms with Crippen molar-refractivity contribution in [3.63, 3.8) is 0 Å². The molecule has 1 atom stereocenters. The predicted molar refractivity (Wildman–Crippen MR) is 112 cm³/mol. The Balaban J connectivity index is 1.93. The highest BCUT2D eigenvalue weighted by Crippen LogP contribution is 2.08. The van der Waals surface area contributed by atoms with E-state index in [2.05, 4.69) is 27.2 Å². The molecule has 2 aromatic rings. The van der Waals surface area contributed by atoms with Gasteiger partial charge in [0.1, 0.15) is 0 Å². The van der Waals surface area contributed by atoms with Gasteiger partial charge in [-0.3, -0.25) is 14.4 Å². The van der Waals surface area contributed by atoms with Crippen LogP contribution in [0.1, 0.15) is 38.3 Å². The first-order valence-electron chi connectivity index (χ1n) is 9.06. The second-order valence-electron chi connectivity index (χ2n) is 6.39. The number of carboxylic acids is 1. The maximum atomic E-state index is 12.3. The average Bonchev–Trinajstić information content (AvgIpc) is 2.75. The number of carbonyl (C=O) groups excluding carboxylic acids is 2. The van der Waals surface area contributed by atoms with Gasteiger partial charge in [0.2, 0.25) is 0 Å². The molecular weight excluding hydrogens is 386 g/mol. The van der Waals surface area contributed by atoms with Crippen LogP contribution in [0.15, 0.2) is 60.2 Å². The van der Waals surface area contributed by atoms with Gasteiger partial charge in [0.15, 0.2) is 0 Å². The smallest absolute Gasteiger partial charge is 0.305 e. The van der Waals surface area contributed by atoms with Gasteiger partial charge in [0.05, 0.1) is 6.42 Å². The number of hydrogen-bond acceptors (Lipinski definition) is 4. The van der Waals surface area contributed by atoms with Crippen LogP contribution in [-0.2, 0) is 11.3 Å². The van der Waals surface area contributed by atoms with Crippen LogP contribution in [0.3, 0.4) is 0 Å². The van der Waals surface area contributed by atoms with Gasteiger partial charge in [-0.15, -0.1) is 0 Å². The van der Waals surface area contributed by atoms with Crippen LogP contribution in [0, 0.1) is 0 Å². The maximum Gasteiger partial charge on any atom is 0.305 e. The zero-order valence-electron chi connectivity index (χ0n) is 16.1. The van der Waals surface area contributed by atoms with Gasteiger partial charge in [-0.25, -0.2) is 0 Å². The molecule has 154 valence electrons. The number of hydrogen-bond donors (Lipinski definition) is 3. The Bertz CT molecular complexity index is 960. The van der Waals surface area contributed by atoms with Crippen molar-refractivity contribution in [3.05, 3.63) is 87.8 Å². The van der Waals surface area contributed by atoms with Gasteiger partial charge in [0, 0.05) is 35.2 Å². The lowest BCUT2D eigenvalue weighted by Crippen LogP contribution is -2.38. The van der Waals surface area contributed by atoms with Gasteiger partial charge in [-0.2, -0.15) is 0 Å². The van der Waals surface area contributed by atoms with Gasteiger partial charge in [-0.05, 0) is 40.9 Å². The van der Waals surface area contributed by atoms with E-state index in [4.69, 9.17) is 10.6 Å². The number of rotatable bonds is 10. The summed E-state index contributed by atoms with van der Waals surface area (Å²) in [4.78, 5) is 38.0. The molecule has 0 saturated heterocycles. The Morgan fingerprint density at radius 3 is 2.23 bits per heavy atom. The minimum absolute atomic E-state index is 0.160. The third-order valence-electron chi connectivity index (χ3n) is 4.20. The SMILES string of the molecule is C=Cc1ccc(C(=O)NCc2ccc(C(=O)N[C@H](CN=[N+]=[N-])CC(=O)O)cc2)cc1. The van der Waals surface area contributed by atoms with Crippen molar-refractivity contribution >= 4 is 23.9 Å². The topological polar surface area (TPSA) is 144 Å². The van der Waals surface area contributed by atoms with Gasteiger partial charge in [-0.1, -0.05) is 42.0 Å². The highest BCUT2D eigenvalue weighted by atomic mass is 16.4. The fourth-order valence-electron chi connectivity index (χ4n) is 2.60. The molecule has 0 aliphatic heterocycles. The summed E-state index contributed by atoms with van der Waals surface area (Å²) in [5, 5.41) is 17.5. The normalized spacial score (nSPS) is 10.9. The third kappa shape index (κ3) is 6.81. The molecule has 0 heterocycles. The zero-order valence-corrected chi connectivity index (χ0v) is 16.1. The Morgan fingerprint density at radius 1 is 1.07 bits per heavy atom. The fraction of sp³-hybridized carbons (Fsp3) is 0.190. The quantitative estimate of drug-likeness (QED) is 0.316. The number of benzene rings is 2. The first-order valence-corrected chi connectivity index (χ1v) is 9.06. The molecule has 0 bridgehead atoms. The molecule has 9 nitrogen and oxygen atoms in total. The first-order chi connectivity index (χ1) is 14.4. The Labute approximate surface area is 173 Å². The lowest BCUT2D eigenvalue weighted by atomic mass is 10.1. The molecule has 0 fully saturated rings. The minimum Gasteiger partial charge on any atom is -0.481 e. The summed E-state index contributed by atoms with van der Waals surface area (Å²) in [6.45, 7) is 3.79. The summed E-state index contributed by atoms with van der Waals surface area (Å²) in [7, 11) is 0. The predicted octanol–water partition coefficient (Wildman–Crippen LogP) is 3.14. The van der Waals surface area contributed by atoms with E-state index in [1.165, 1.54) is 0 Å². The van der Waals surface area contributed by atoms with E-state index in [9.17, 15) is 14.4 Å². The fourth-order valence-corrected chi connectivity index (χ4v) is 2.60. The summed E-state index contributed by atoms with van der Waals surface area (Å²) in [6.07, 6.45) is 1.34. The van der Waals surface area contributed by atoms with Crippen LogP contribution in [0.4, 0.5) is 0 Å². The molecule has 2 aromatic carbocycles. The molecule has 9 heteroatoms. The summed E-state index contributed by atoms with van der Waals surface area (Å²) in [6, 6.07) is 12.7. The van der Waals surface area contributed by atoms with Crippen LogP contribution in [0.25, 0.3) is 16.5 Å². The van der Waals surface area contributed by atoms with E-state index in [0.29, 0.717) is 11.1 Å². The van der Waals surface area contributed by atoms with Crippen molar-refractivity contribution < 1.29 is 19.5 Å². The Hall–Kier alpha value is -4.10. The lowest BCUT2D eigenvalue weighted by molar-refractivity contribution is -0.137. The first kappa shape index (κ1) is 22.2. The zero-order chi connectivity index (χ0) is 21.9. The van der Waals surface area contributed by atoms with E-state index >= 15 is 0 Å². The molecule has 0 aliphatic rings. The number of nitrogens with zero attached hydrogens (tertiary/aromatic N) is 3. The molecule has 2 rings (SSSR count). The van der Waals surface area contributed by atoms with Crippen LogP contribution in [-0.4, -0.2) is 35.5 Å². The average molecular weight is 407 g/mol. The lowest BCUT2D eigenvalue weighted by Gasteiger charge is -2.14. The van der Waals surface area contributed by atoms with Crippen LogP contribution >= 0.6 is 0 Å². The maximum absolute atomic E-state index is 12.3. The van der Waals surface area contributed by atoms with Crippen LogP contribution in [0.2, 0.25) is 0 Å². The van der Waals surface area contributed by atoms with E-state index < -0.39 is 17.9 Å². The van der Waals surface area contributed by atoms with Crippen LogP contribution < -0.4 is 10.6 Å². The molecule has 0 spiro atoms. The second-order valence-corrected chi connectivity index (χ2v) is 6.39. The van der Waals surface area contributed by atoms with Crippen molar-refractivity contribution in [2.75, 3.05) is 6.54 Å². The van der Waals surface area contributed by atoms with E-state index in [1.54, 1.807) is 54.6 Å². The molecular formula is C21H21N5O4. The van der Waals surface area contributed by atoms with Crippen molar-refractivity contribution in [3.8, 4) is 0 Å². The number of carboxylic acid groups (broad SMARTS) is 1. The summed E-state index contributed by atoms with van der Waals surface area (Å²) >= 11 is 0. The number of azide groups is 1. The van der Waals surface area contributed by atoms with E-state index in [0.717, 1.165) is 11.1 Å². The minimum atomic E-state index is -1.11. The van der Waals surface area contributed by atoms with E-state index in [1.807, 2.05) is 0 Å².